The Balaban J connectivity index is 2.42. The van der Waals surface area contributed by atoms with Crippen LogP contribution in [0.2, 0.25) is 0 Å². The van der Waals surface area contributed by atoms with Crippen molar-refractivity contribution in [3.8, 4) is 0 Å². The van der Waals surface area contributed by atoms with Gasteiger partial charge in [-0.25, -0.2) is 13.2 Å². The van der Waals surface area contributed by atoms with Gasteiger partial charge in [0.25, 0.3) is 10.0 Å². The second-order valence-electron chi connectivity index (χ2n) is 4.76. The Hall–Kier alpha value is -2.36. The fraction of sp³-hybridized carbons (Fsp3) is 0.417. The van der Waals surface area contributed by atoms with E-state index in [9.17, 15) is 13.2 Å². The highest BCUT2D eigenvalue weighted by Gasteiger charge is 2.26. The van der Waals surface area contributed by atoms with E-state index in [2.05, 4.69) is 14.9 Å². The van der Waals surface area contributed by atoms with Crippen molar-refractivity contribution in [2.24, 2.45) is 7.05 Å². The maximum absolute atomic E-state index is 12.5. The Morgan fingerprint density at radius 1 is 1.36 bits per heavy atom. The number of sulfonamides is 1. The fourth-order valence-corrected chi connectivity index (χ4v) is 3.68. The van der Waals surface area contributed by atoms with Crippen LogP contribution in [0.4, 0.5) is 5.82 Å². The summed E-state index contributed by atoms with van der Waals surface area (Å²) in [5.41, 5.74) is 0.776. The zero-order valence-electron chi connectivity index (χ0n) is 12.7. The molecule has 2 rings (SSSR count). The highest BCUT2D eigenvalue weighted by molar-refractivity contribution is 7.92. The number of hydrogen-bond acceptors (Lipinski definition) is 5. The van der Waals surface area contributed by atoms with Crippen molar-refractivity contribution in [2.45, 2.75) is 32.2 Å². The normalized spacial score (nSPS) is 11.6. The number of aromatic nitrogens is 4. The van der Waals surface area contributed by atoms with Gasteiger partial charge in [-0.05, 0) is 20.8 Å². The van der Waals surface area contributed by atoms with Crippen LogP contribution in [0.1, 0.15) is 28.8 Å². The van der Waals surface area contributed by atoms with E-state index in [1.807, 2.05) is 6.92 Å². The van der Waals surface area contributed by atoms with Crippen molar-refractivity contribution in [3.63, 3.8) is 0 Å². The van der Waals surface area contributed by atoms with Gasteiger partial charge in [-0.15, -0.1) is 0 Å². The molecule has 9 nitrogen and oxygen atoms in total. The highest BCUT2D eigenvalue weighted by Crippen LogP contribution is 2.22. The van der Waals surface area contributed by atoms with Crippen LogP contribution in [0.15, 0.2) is 11.0 Å². The van der Waals surface area contributed by atoms with E-state index in [-0.39, 0.29) is 16.4 Å². The number of carboxylic acids is 1. The van der Waals surface area contributed by atoms with Crippen molar-refractivity contribution < 1.29 is 18.3 Å². The molecule has 120 valence electrons. The van der Waals surface area contributed by atoms with E-state index in [1.54, 1.807) is 18.5 Å². The minimum Gasteiger partial charge on any atom is -0.477 e. The second-order valence-corrected chi connectivity index (χ2v) is 6.38. The van der Waals surface area contributed by atoms with Gasteiger partial charge >= 0.3 is 5.97 Å². The first-order valence-corrected chi connectivity index (χ1v) is 7.99. The van der Waals surface area contributed by atoms with Crippen LogP contribution >= 0.6 is 0 Å². The molecule has 10 heteroatoms. The van der Waals surface area contributed by atoms with Gasteiger partial charge < -0.3 is 5.11 Å². The summed E-state index contributed by atoms with van der Waals surface area (Å²) in [6, 6.07) is 1.16. The number of hydrogen-bond donors (Lipinski definition) is 2. The molecule has 0 saturated heterocycles. The van der Waals surface area contributed by atoms with Crippen LogP contribution in [0.25, 0.3) is 0 Å². The Kier molecular flexibility index (Phi) is 3.96. The number of carbonyl (C=O) groups is 1. The van der Waals surface area contributed by atoms with Gasteiger partial charge in [0.1, 0.15) is 10.6 Å². The number of aryl methyl sites for hydroxylation is 3. The summed E-state index contributed by atoms with van der Waals surface area (Å²) >= 11 is 0. The van der Waals surface area contributed by atoms with Gasteiger partial charge in [0.2, 0.25) is 0 Å². The lowest BCUT2D eigenvalue weighted by Gasteiger charge is -2.06. The average Bonchev–Trinajstić information content (AvgIpc) is 2.89. The molecule has 0 amide bonds. The summed E-state index contributed by atoms with van der Waals surface area (Å²) in [5.74, 6) is -1.24. The largest absolute Gasteiger partial charge is 0.477 e. The third-order valence-corrected chi connectivity index (χ3v) is 4.83. The molecule has 0 spiro atoms. The second kappa shape index (κ2) is 5.44. The summed E-state index contributed by atoms with van der Waals surface area (Å²) < 4.78 is 30.0. The Morgan fingerprint density at radius 3 is 2.45 bits per heavy atom. The van der Waals surface area contributed by atoms with Gasteiger partial charge in [0, 0.05) is 19.7 Å². The Bertz CT molecular complexity index is 834. The third kappa shape index (κ3) is 2.69. The molecule has 0 aliphatic rings. The predicted octanol–water partition coefficient (Wildman–Crippen LogP) is 0.752. The van der Waals surface area contributed by atoms with E-state index in [1.165, 1.54) is 7.05 Å². The van der Waals surface area contributed by atoms with Crippen LogP contribution in [-0.2, 0) is 23.6 Å². The third-order valence-electron chi connectivity index (χ3n) is 3.22. The molecule has 0 saturated carbocycles. The molecule has 0 fully saturated rings. The molecule has 0 radical (unpaired) electrons. The number of rotatable bonds is 5. The van der Waals surface area contributed by atoms with Gasteiger partial charge in [0.05, 0.1) is 11.4 Å². The molecule has 0 aliphatic carbocycles. The molecule has 0 atom stereocenters. The highest BCUT2D eigenvalue weighted by atomic mass is 32.2. The maximum Gasteiger partial charge on any atom is 0.354 e. The van der Waals surface area contributed by atoms with E-state index in [0.29, 0.717) is 17.9 Å². The van der Waals surface area contributed by atoms with Crippen molar-refractivity contribution in [1.29, 1.82) is 0 Å². The summed E-state index contributed by atoms with van der Waals surface area (Å²) in [7, 11) is -2.47. The molecular weight excluding hydrogens is 310 g/mol. The average molecular weight is 327 g/mol. The first-order chi connectivity index (χ1) is 10.2. The minimum absolute atomic E-state index is 0.0528. The predicted molar refractivity (Wildman–Crippen MR) is 78.4 cm³/mol. The minimum atomic E-state index is -3.90. The number of nitrogens with zero attached hydrogens (tertiary/aromatic N) is 4. The SMILES string of the molecule is CCn1nc(C)c(S(=O)(=O)Nc2cc(C(=O)O)n(C)n2)c1C. The Labute approximate surface area is 127 Å². The number of carboxylic acid groups (broad SMARTS) is 1. The lowest BCUT2D eigenvalue weighted by atomic mass is 10.4. The number of aromatic carboxylic acids is 1. The topological polar surface area (TPSA) is 119 Å². The van der Waals surface area contributed by atoms with Crippen LogP contribution < -0.4 is 4.72 Å². The number of nitrogens with one attached hydrogen (secondary N) is 1. The first kappa shape index (κ1) is 16.0. The molecule has 0 bridgehead atoms. The standard InChI is InChI=1S/C12H17N5O4S/c1-5-17-8(3)11(7(2)13-17)22(20,21)15-10-6-9(12(18)19)16(4)14-10/h6H,5H2,1-4H3,(H,14,15)(H,18,19). The van der Waals surface area contributed by atoms with Crippen molar-refractivity contribution in [1.82, 2.24) is 19.6 Å². The summed E-state index contributed by atoms with van der Waals surface area (Å²) in [5, 5.41) is 17.0. The molecule has 2 aromatic rings. The molecule has 0 unspecified atom stereocenters. The van der Waals surface area contributed by atoms with Crippen molar-refractivity contribution >= 4 is 21.8 Å². The molecular formula is C12H17N5O4S. The maximum atomic E-state index is 12.5. The summed E-state index contributed by atoms with van der Waals surface area (Å²) in [6.07, 6.45) is 0. The van der Waals surface area contributed by atoms with Crippen LogP contribution in [0.5, 0.6) is 0 Å². The van der Waals surface area contributed by atoms with Gasteiger partial charge in [-0.1, -0.05) is 0 Å². The fourth-order valence-electron chi connectivity index (χ4n) is 2.28. The molecule has 2 N–H and O–H groups in total. The molecule has 0 aliphatic heterocycles. The molecule has 22 heavy (non-hydrogen) atoms. The van der Waals surface area contributed by atoms with Crippen molar-refractivity contribution in [3.05, 3.63) is 23.1 Å². The smallest absolute Gasteiger partial charge is 0.354 e. The first-order valence-electron chi connectivity index (χ1n) is 6.51. The van der Waals surface area contributed by atoms with Gasteiger partial charge in [0.15, 0.2) is 5.82 Å². The van der Waals surface area contributed by atoms with Gasteiger partial charge in [-0.2, -0.15) is 10.2 Å². The lowest BCUT2D eigenvalue weighted by molar-refractivity contribution is 0.0685. The molecule has 2 heterocycles. The van der Waals surface area contributed by atoms with E-state index < -0.39 is 16.0 Å². The van der Waals surface area contributed by atoms with Crippen LogP contribution in [-0.4, -0.2) is 39.1 Å². The Morgan fingerprint density at radius 2 is 2.00 bits per heavy atom. The monoisotopic (exact) mass is 327 g/mol. The molecule has 2 aromatic heterocycles. The summed E-state index contributed by atoms with van der Waals surface area (Å²) in [4.78, 5) is 11.1. The zero-order valence-corrected chi connectivity index (χ0v) is 13.5. The summed E-state index contributed by atoms with van der Waals surface area (Å²) in [6.45, 7) is 5.68. The van der Waals surface area contributed by atoms with Crippen LogP contribution in [0.3, 0.4) is 0 Å². The molecule has 0 aromatic carbocycles. The van der Waals surface area contributed by atoms with Gasteiger partial charge in [-0.3, -0.25) is 14.1 Å². The quantitative estimate of drug-likeness (QED) is 0.836. The lowest BCUT2D eigenvalue weighted by Crippen LogP contribution is -2.15. The van der Waals surface area contributed by atoms with E-state index in [0.717, 1.165) is 10.7 Å². The van der Waals surface area contributed by atoms with E-state index in [4.69, 9.17) is 5.11 Å². The zero-order chi connectivity index (χ0) is 16.7. The number of anilines is 1. The van der Waals surface area contributed by atoms with E-state index >= 15 is 0 Å². The van der Waals surface area contributed by atoms with Crippen LogP contribution in [0, 0.1) is 13.8 Å². The van der Waals surface area contributed by atoms with Crippen molar-refractivity contribution in [2.75, 3.05) is 4.72 Å².